The van der Waals surface area contributed by atoms with Crippen molar-refractivity contribution in [2.45, 2.75) is 18.6 Å². The number of anilines is 1. The summed E-state index contributed by atoms with van der Waals surface area (Å²) in [6.45, 7) is 2.73. The SMILES string of the molecule is CC(C)(C(=O)Nc1ccc(Cl)c(Br)c1)S(C)(=O)=O. The van der Waals surface area contributed by atoms with E-state index in [1.54, 1.807) is 18.2 Å². The standard InChI is InChI=1S/C11H13BrClNO3S/c1-11(2,18(3,16)17)10(15)14-7-4-5-9(13)8(12)6-7/h4-6H,1-3H3,(H,14,15). The fourth-order valence-corrected chi connectivity index (χ4v) is 1.91. The molecule has 18 heavy (non-hydrogen) atoms. The van der Waals surface area contributed by atoms with Gasteiger partial charge in [0, 0.05) is 16.4 Å². The molecule has 1 amide bonds. The van der Waals surface area contributed by atoms with Crippen molar-refractivity contribution in [2.75, 3.05) is 11.6 Å². The number of hydrogen-bond acceptors (Lipinski definition) is 3. The summed E-state index contributed by atoms with van der Waals surface area (Å²) in [7, 11) is -3.49. The van der Waals surface area contributed by atoms with Crippen LogP contribution in [-0.2, 0) is 14.6 Å². The molecule has 1 aromatic carbocycles. The van der Waals surface area contributed by atoms with Crippen molar-refractivity contribution in [3.8, 4) is 0 Å². The lowest BCUT2D eigenvalue weighted by molar-refractivity contribution is -0.117. The fourth-order valence-electron chi connectivity index (χ4n) is 1.02. The third-order valence-corrected chi connectivity index (χ3v) is 5.90. The summed E-state index contributed by atoms with van der Waals surface area (Å²) in [5.74, 6) is -0.584. The fraction of sp³-hybridized carbons (Fsp3) is 0.364. The normalized spacial score (nSPS) is 12.3. The largest absolute Gasteiger partial charge is 0.325 e. The topological polar surface area (TPSA) is 63.2 Å². The molecule has 1 rings (SSSR count). The molecule has 4 nitrogen and oxygen atoms in total. The van der Waals surface area contributed by atoms with E-state index in [-0.39, 0.29) is 0 Å². The second-order valence-electron chi connectivity index (χ2n) is 4.37. The average molecular weight is 355 g/mol. The summed E-state index contributed by atoms with van der Waals surface area (Å²) in [6, 6.07) is 4.82. The Morgan fingerprint density at radius 1 is 1.39 bits per heavy atom. The van der Waals surface area contributed by atoms with Crippen LogP contribution in [0.2, 0.25) is 5.02 Å². The average Bonchev–Trinajstić information content (AvgIpc) is 2.21. The van der Waals surface area contributed by atoms with Crippen LogP contribution in [0.3, 0.4) is 0 Å². The van der Waals surface area contributed by atoms with Gasteiger partial charge in [-0.1, -0.05) is 11.6 Å². The number of halogens is 2. The van der Waals surface area contributed by atoms with Gasteiger partial charge in [0.2, 0.25) is 5.91 Å². The molecular formula is C11H13BrClNO3S. The number of rotatable bonds is 3. The van der Waals surface area contributed by atoms with Crippen LogP contribution >= 0.6 is 27.5 Å². The minimum absolute atomic E-state index is 0.480. The van der Waals surface area contributed by atoms with Gasteiger partial charge in [-0.05, 0) is 48.0 Å². The van der Waals surface area contributed by atoms with Gasteiger partial charge >= 0.3 is 0 Å². The Bertz CT molecular complexity index is 584. The molecule has 0 saturated heterocycles. The van der Waals surface area contributed by atoms with Crippen molar-refractivity contribution >= 4 is 49.0 Å². The van der Waals surface area contributed by atoms with E-state index in [1.165, 1.54) is 13.8 Å². The highest BCUT2D eigenvalue weighted by Gasteiger charge is 2.38. The molecule has 1 N–H and O–H groups in total. The molecule has 7 heteroatoms. The number of carbonyl (C=O) groups excluding carboxylic acids is 1. The van der Waals surface area contributed by atoms with Crippen molar-refractivity contribution in [2.24, 2.45) is 0 Å². The van der Waals surface area contributed by atoms with Crippen LogP contribution in [0, 0.1) is 0 Å². The number of benzene rings is 1. The molecule has 0 aromatic heterocycles. The Morgan fingerprint density at radius 2 is 1.94 bits per heavy atom. The smallest absolute Gasteiger partial charge is 0.245 e. The Hall–Kier alpha value is -0.590. The van der Waals surface area contributed by atoms with E-state index >= 15 is 0 Å². The van der Waals surface area contributed by atoms with Crippen LogP contribution in [0.15, 0.2) is 22.7 Å². The maximum absolute atomic E-state index is 11.9. The van der Waals surface area contributed by atoms with E-state index in [0.29, 0.717) is 15.2 Å². The van der Waals surface area contributed by atoms with Crippen LogP contribution in [0.25, 0.3) is 0 Å². The number of sulfone groups is 1. The summed E-state index contributed by atoms with van der Waals surface area (Å²) < 4.78 is 22.2. The number of amides is 1. The van der Waals surface area contributed by atoms with Gasteiger partial charge in [-0.15, -0.1) is 0 Å². The Kier molecular flexibility index (Phi) is 4.46. The highest BCUT2D eigenvalue weighted by molar-refractivity contribution is 9.10. The van der Waals surface area contributed by atoms with Gasteiger partial charge in [0.15, 0.2) is 9.84 Å². The second kappa shape index (κ2) is 5.19. The number of carbonyl (C=O) groups is 1. The molecule has 0 fully saturated rings. The van der Waals surface area contributed by atoms with Crippen LogP contribution in [0.5, 0.6) is 0 Å². The zero-order valence-corrected chi connectivity index (χ0v) is 13.3. The van der Waals surface area contributed by atoms with Gasteiger partial charge in [-0.25, -0.2) is 8.42 Å². The molecule has 0 heterocycles. The lowest BCUT2D eigenvalue weighted by Crippen LogP contribution is -2.43. The van der Waals surface area contributed by atoms with Gasteiger partial charge in [-0.2, -0.15) is 0 Å². The first kappa shape index (κ1) is 15.5. The van der Waals surface area contributed by atoms with E-state index in [0.717, 1.165) is 6.26 Å². The summed E-state index contributed by atoms with van der Waals surface area (Å²) >= 11 is 9.05. The summed E-state index contributed by atoms with van der Waals surface area (Å²) in [4.78, 5) is 11.9. The van der Waals surface area contributed by atoms with Gasteiger partial charge in [0.05, 0.1) is 5.02 Å². The van der Waals surface area contributed by atoms with Crippen LogP contribution in [-0.4, -0.2) is 25.3 Å². The summed E-state index contributed by atoms with van der Waals surface area (Å²) in [6.07, 6.45) is 1.03. The third kappa shape index (κ3) is 3.24. The maximum atomic E-state index is 11.9. The molecule has 0 spiro atoms. The lowest BCUT2D eigenvalue weighted by Gasteiger charge is -2.21. The van der Waals surface area contributed by atoms with Gasteiger partial charge in [0.1, 0.15) is 4.75 Å². The van der Waals surface area contributed by atoms with Crippen LogP contribution < -0.4 is 5.32 Å². The summed E-state index contributed by atoms with van der Waals surface area (Å²) in [5.41, 5.74) is 0.480. The molecule has 0 aliphatic rings. The van der Waals surface area contributed by atoms with Gasteiger partial charge < -0.3 is 5.32 Å². The predicted octanol–water partition coefficient (Wildman–Crippen LogP) is 2.86. The van der Waals surface area contributed by atoms with Crippen molar-refractivity contribution in [1.82, 2.24) is 0 Å². The first-order valence-electron chi connectivity index (χ1n) is 5.02. The first-order chi connectivity index (χ1) is 8.05. The quantitative estimate of drug-likeness (QED) is 0.908. The van der Waals surface area contributed by atoms with Gasteiger partial charge in [0.25, 0.3) is 0 Å². The molecule has 0 aliphatic heterocycles. The number of hydrogen-bond donors (Lipinski definition) is 1. The van der Waals surface area contributed by atoms with Crippen LogP contribution in [0.4, 0.5) is 5.69 Å². The third-order valence-electron chi connectivity index (χ3n) is 2.65. The molecule has 100 valence electrons. The molecular weight excluding hydrogens is 342 g/mol. The monoisotopic (exact) mass is 353 g/mol. The van der Waals surface area contributed by atoms with Crippen molar-refractivity contribution in [3.63, 3.8) is 0 Å². The number of nitrogens with one attached hydrogen (secondary N) is 1. The first-order valence-corrected chi connectivity index (χ1v) is 8.08. The molecule has 0 unspecified atom stereocenters. The van der Waals surface area contributed by atoms with Crippen molar-refractivity contribution in [3.05, 3.63) is 27.7 Å². The Balaban J connectivity index is 2.99. The zero-order valence-electron chi connectivity index (χ0n) is 10.1. The lowest BCUT2D eigenvalue weighted by atomic mass is 10.2. The predicted molar refractivity (Wildman–Crippen MR) is 76.7 cm³/mol. The Labute approximate surface area is 120 Å². The molecule has 0 saturated carbocycles. The molecule has 0 bridgehead atoms. The molecule has 0 radical (unpaired) electrons. The zero-order chi connectivity index (χ0) is 14.1. The van der Waals surface area contributed by atoms with Crippen LogP contribution in [0.1, 0.15) is 13.8 Å². The molecule has 0 atom stereocenters. The Morgan fingerprint density at radius 3 is 2.39 bits per heavy atom. The van der Waals surface area contributed by atoms with E-state index in [9.17, 15) is 13.2 Å². The molecule has 1 aromatic rings. The summed E-state index contributed by atoms with van der Waals surface area (Å²) in [5, 5.41) is 3.06. The van der Waals surface area contributed by atoms with Gasteiger partial charge in [-0.3, -0.25) is 4.79 Å². The highest BCUT2D eigenvalue weighted by Crippen LogP contribution is 2.26. The van der Waals surface area contributed by atoms with E-state index in [4.69, 9.17) is 11.6 Å². The van der Waals surface area contributed by atoms with E-state index in [2.05, 4.69) is 21.2 Å². The minimum Gasteiger partial charge on any atom is -0.325 e. The van der Waals surface area contributed by atoms with E-state index < -0.39 is 20.5 Å². The molecule has 0 aliphatic carbocycles. The maximum Gasteiger partial charge on any atom is 0.245 e. The highest BCUT2D eigenvalue weighted by atomic mass is 79.9. The van der Waals surface area contributed by atoms with Crippen molar-refractivity contribution < 1.29 is 13.2 Å². The van der Waals surface area contributed by atoms with E-state index in [1.807, 2.05) is 0 Å². The van der Waals surface area contributed by atoms with Crippen molar-refractivity contribution in [1.29, 1.82) is 0 Å². The second-order valence-corrected chi connectivity index (χ2v) is 8.19. The minimum atomic E-state index is -3.49.